The molecule has 0 aliphatic carbocycles. The van der Waals surface area contributed by atoms with Gasteiger partial charge in [0.25, 0.3) is 0 Å². The molecule has 0 aromatic rings. The highest BCUT2D eigenvalue weighted by molar-refractivity contribution is 5.79. The van der Waals surface area contributed by atoms with Crippen LogP contribution in [0.1, 0.15) is 20.3 Å². The molecule has 1 fully saturated rings. The molecular weight excluding hydrogens is 216 g/mol. The fraction of sp³-hybridized carbons (Fsp3) is 0.917. The fourth-order valence-corrected chi connectivity index (χ4v) is 1.73. The first-order valence-corrected chi connectivity index (χ1v) is 6.43. The molecule has 0 amide bonds. The maximum absolute atomic E-state index is 5.69. The number of hydrogen-bond acceptors (Lipinski definition) is 3. The average Bonchev–Trinajstić information content (AvgIpc) is 2.34. The first-order valence-electron chi connectivity index (χ1n) is 6.43. The number of morpholine rings is 1. The molecule has 100 valence electrons. The zero-order valence-electron chi connectivity index (χ0n) is 11.5. The van der Waals surface area contributed by atoms with Gasteiger partial charge in [-0.15, -0.1) is 0 Å². The largest absolute Gasteiger partial charge is 0.374 e. The molecule has 2 unspecified atom stereocenters. The third kappa shape index (κ3) is 5.37. The minimum atomic E-state index is 0.254. The van der Waals surface area contributed by atoms with E-state index < -0.39 is 0 Å². The van der Waals surface area contributed by atoms with Gasteiger partial charge in [0.1, 0.15) is 0 Å². The standard InChI is InChI=1S/C12H26N4O/c1-5-10(2)15-12(13-3)14-8-11-9-16(4)6-7-17-11/h10-11H,5-9H2,1-4H3,(H2,13,14,15). The van der Waals surface area contributed by atoms with Crippen molar-refractivity contribution in [1.82, 2.24) is 15.5 Å². The van der Waals surface area contributed by atoms with E-state index in [1.54, 1.807) is 7.05 Å². The predicted octanol–water partition coefficient (Wildman–Crippen LogP) is 0.281. The van der Waals surface area contributed by atoms with Crippen LogP contribution in [-0.2, 0) is 4.74 Å². The molecule has 5 nitrogen and oxygen atoms in total. The summed E-state index contributed by atoms with van der Waals surface area (Å²) in [5, 5.41) is 6.65. The Labute approximate surface area is 105 Å². The van der Waals surface area contributed by atoms with Gasteiger partial charge in [-0.1, -0.05) is 6.92 Å². The van der Waals surface area contributed by atoms with Crippen LogP contribution < -0.4 is 10.6 Å². The molecule has 1 saturated heterocycles. The first kappa shape index (κ1) is 14.3. The maximum Gasteiger partial charge on any atom is 0.191 e. The monoisotopic (exact) mass is 242 g/mol. The summed E-state index contributed by atoms with van der Waals surface area (Å²) < 4.78 is 5.69. The topological polar surface area (TPSA) is 48.9 Å². The SMILES string of the molecule is CCC(C)NC(=NC)NCC1CN(C)CCO1. The molecule has 0 aromatic heterocycles. The Hall–Kier alpha value is -0.810. The highest BCUT2D eigenvalue weighted by Gasteiger charge is 2.17. The van der Waals surface area contributed by atoms with Crippen LogP contribution in [0.3, 0.4) is 0 Å². The Balaban J connectivity index is 2.27. The minimum absolute atomic E-state index is 0.254. The first-order chi connectivity index (χ1) is 8.15. The average molecular weight is 242 g/mol. The van der Waals surface area contributed by atoms with Gasteiger partial charge in [-0.25, -0.2) is 0 Å². The molecule has 0 radical (unpaired) electrons. The third-order valence-electron chi connectivity index (χ3n) is 3.06. The molecule has 17 heavy (non-hydrogen) atoms. The van der Waals surface area contributed by atoms with Crippen LogP contribution in [0.5, 0.6) is 0 Å². The zero-order chi connectivity index (χ0) is 12.7. The number of aliphatic imine (C=N–C) groups is 1. The van der Waals surface area contributed by atoms with Crippen molar-refractivity contribution >= 4 is 5.96 Å². The summed E-state index contributed by atoms with van der Waals surface area (Å²) in [6, 6.07) is 0.441. The van der Waals surface area contributed by atoms with Gasteiger partial charge in [0.15, 0.2) is 5.96 Å². The number of nitrogens with zero attached hydrogens (tertiary/aromatic N) is 2. The lowest BCUT2D eigenvalue weighted by atomic mass is 10.2. The van der Waals surface area contributed by atoms with Gasteiger partial charge in [0.2, 0.25) is 0 Å². The summed E-state index contributed by atoms with van der Waals surface area (Å²) in [6.45, 7) is 7.94. The van der Waals surface area contributed by atoms with E-state index in [9.17, 15) is 0 Å². The lowest BCUT2D eigenvalue weighted by molar-refractivity contribution is -0.0161. The van der Waals surface area contributed by atoms with Crippen molar-refractivity contribution in [2.45, 2.75) is 32.4 Å². The molecular formula is C12H26N4O. The number of rotatable bonds is 4. The van der Waals surface area contributed by atoms with Crippen LogP contribution in [0, 0.1) is 0 Å². The number of ether oxygens (including phenoxy) is 1. The van der Waals surface area contributed by atoms with Gasteiger partial charge in [-0.05, 0) is 20.4 Å². The van der Waals surface area contributed by atoms with Crippen molar-refractivity contribution in [1.29, 1.82) is 0 Å². The Bertz CT molecular complexity index is 245. The molecule has 2 N–H and O–H groups in total. The summed E-state index contributed by atoms with van der Waals surface area (Å²) in [6.07, 6.45) is 1.34. The van der Waals surface area contributed by atoms with E-state index in [0.717, 1.165) is 38.6 Å². The highest BCUT2D eigenvalue weighted by atomic mass is 16.5. The number of guanidine groups is 1. The molecule has 0 bridgehead atoms. The highest BCUT2D eigenvalue weighted by Crippen LogP contribution is 2.01. The van der Waals surface area contributed by atoms with Crippen LogP contribution in [0.4, 0.5) is 0 Å². The zero-order valence-corrected chi connectivity index (χ0v) is 11.5. The van der Waals surface area contributed by atoms with E-state index >= 15 is 0 Å². The maximum atomic E-state index is 5.69. The van der Waals surface area contributed by atoms with Gasteiger partial charge in [0.05, 0.1) is 12.7 Å². The normalized spacial score (nSPS) is 24.5. The Kier molecular flexibility index (Phi) is 6.29. The Morgan fingerprint density at radius 1 is 1.59 bits per heavy atom. The molecule has 0 aromatic carbocycles. The van der Waals surface area contributed by atoms with Crippen LogP contribution in [-0.4, -0.2) is 63.3 Å². The summed E-state index contributed by atoms with van der Waals surface area (Å²) in [5.74, 6) is 0.858. The second-order valence-corrected chi connectivity index (χ2v) is 4.66. The minimum Gasteiger partial charge on any atom is -0.374 e. The number of hydrogen-bond donors (Lipinski definition) is 2. The molecule has 1 aliphatic rings. The molecule has 5 heteroatoms. The van der Waals surface area contributed by atoms with Crippen LogP contribution in [0.15, 0.2) is 4.99 Å². The molecule has 1 rings (SSSR count). The Morgan fingerprint density at radius 2 is 2.35 bits per heavy atom. The van der Waals surface area contributed by atoms with E-state index in [2.05, 4.69) is 41.4 Å². The van der Waals surface area contributed by atoms with Gasteiger partial charge >= 0.3 is 0 Å². The van der Waals surface area contributed by atoms with E-state index in [1.807, 2.05) is 0 Å². The van der Waals surface area contributed by atoms with E-state index in [-0.39, 0.29) is 6.10 Å². The number of likely N-dealkylation sites (N-methyl/N-ethyl adjacent to an activating group) is 1. The van der Waals surface area contributed by atoms with E-state index in [1.165, 1.54) is 0 Å². The number of nitrogens with one attached hydrogen (secondary N) is 2. The molecule has 0 spiro atoms. The smallest absolute Gasteiger partial charge is 0.191 e. The quantitative estimate of drug-likeness (QED) is 0.549. The second kappa shape index (κ2) is 7.50. The summed E-state index contributed by atoms with van der Waals surface area (Å²) in [7, 11) is 3.92. The summed E-state index contributed by atoms with van der Waals surface area (Å²) in [5.41, 5.74) is 0. The van der Waals surface area contributed by atoms with Crippen molar-refractivity contribution in [2.75, 3.05) is 40.3 Å². The van der Waals surface area contributed by atoms with Crippen molar-refractivity contribution < 1.29 is 4.74 Å². The molecule has 1 aliphatic heterocycles. The molecule has 1 heterocycles. The second-order valence-electron chi connectivity index (χ2n) is 4.66. The summed E-state index contributed by atoms with van der Waals surface area (Å²) >= 11 is 0. The van der Waals surface area contributed by atoms with Crippen molar-refractivity contribution in [3.05, 3.63) is 0 Å². The van der Waals surface area contributed by atoms with Gasteiger partial charge < -0.3 is 20.3 Å². The van der Waals surface area contributed by atoms with E-state index in [4.69, 9.17) is 4.74 Å². The van der Waals surface area contributed by atoms with Crippen molar-refractivity contribution in [3.8, 4) is 0 Å². The van der Waals surface area contributed by atoms with Crippen molar-refractivity contribution in [2.24, 2.45) is 4.99 Å². The summed E-state index contributed by atoms with van der Waals surface area (Å²) in [4.78, 5) is 6.50. The van der Waals surface area contributed by atoms with Gasteiger partial charge in [-0.3, -0.25) is 4.99 Å². The van der Waals surface area contributed by atoms with Gasteiger partial charge in [-0.2, -0.15) is 0 Å². The van der Waals surface area contributed by atoms with Crippen LogP contribution in [0.2, 0.25) is 0 Å². The molecule has 2 atom stereocenters. The Morgan fingerprint density at radius 3 is 2.94 bits per heavy atom. The van der Waals surface area contributed by atoms with Crippen molar-refractivity contribution in [3.63, 3.8) is 0 Å². The molecule has 0 saturated carbocycles. The van der Waals surface area contributed by atoms with Crippen LogP contribution >= 0.6 is 0 Å². The van der Waals surface area contributed by atoms with Gasteiger partial charge in [0, 0.05) is 32.7 Å². The third-order valence-corrected chi connectivity index (χ3v) is 3.06. The predicted molar refractivity (Wildman–Crippen MR) is 71.5 cm³/mol. The van der Waals surface area contributed by atoms with E-state index in [0.29, 0.717) is 6.04 Å². The lowest BCUT2D eigenvalue weighted by Crippen LogP contribution is -2.49. The lowest BCUT2D eigenvalue weighted by Gasteiger charge is -2.30. The van der Waals surface area contributed by atoms with Crippen LogP contribution in [0.25, 0.3) is 0 Å². The fourth-order valence-electron chi connectivity index (χ4n) is 1.73.